The lowest BCUT2D eigenvalue weighted by molar-refractivity contribution is -0.117. The molecular formula is C18H23N5O3. The van der Waals surface area contributed by atoms with Gasteiger partial charge in [0.15, 0.2) is 0 Å². The van der Waals surface area contributed by atoms with E-state index in [1.54, 1.807) is 51.0 Å². The second-order valence-corrected chi connectivity index (χ2v) is 5.98. The van der Waals surface area contributed by atoms with Gasteiger partial charge in [-0.3, -0.25) is 14.7 Å². The smallest absolute Gasteiger partial charge is 0.238 e. The fourth-order valence-corrected chi connectivity index (χ4v) is 2.87. The van der Waals surface area contributed by atoms with Crippen LogP contribution in [0, 0.1) is 0 Å². The van der Waals surface area contributed by atoms with Gasteiger partial charge < -0.3 is 19.7 Å². The Hall–Kier alpha value is -2.87. The molecule has 0 unspecified atom stereocenters. The van der Waals surface area contributed by atoms with E-state index in [2.05, 4.69) is 25.1 Å². The third-order valence-electron chi connectivity index (χ3n) is 4.25. The molecule has 1 saturated heterocycles. The van der Waals surface area contributed by atoms with Crippen LogP contribution in [0.3, 0.4) is 0 Å². The Labute approximate surface area is 152 Å². The number of amides is 1. The van der Waals surface area contributed by atoms with Gasteiger partial charge in [-0.1, -0.05) is 0 Å². The normalized spacial score (nSPS) is 14.8. The first kappa shape index (κ1) is 17.9. The van der Waals surface area contributed by atoms with Gasteiger partial charge in [0.25, 0.3) is 0 Å². The van der Waals surface area contributed by atoms with Gasteiger partial charge in [0, 0.05) is 62.5 Å². The van der Waals surface area contributed by atoms with E-state index in [9.17, 15) is 4.79 Å². The van der Waals surface area contributed by atoms with E-state index in [1.165, 1.54) is 0 Å². The highest BCUT2D eigenvalue weighted by Gasteiger charge is 2.20. The van der Waals surface area contributed by atoms with Gasteiger partial charge in [0.2, 0.25) is 5.91 Å². The summed E-state index contributed by atoms with van der Waals surface area (Å²) in [5, 5.41) is 2.90. The average molecular weight is 357 g/mol. The molecule has 8 nitrogen and oxygen atoms in total. The summed E-state index contributed by atoms with van der Waals surface area (Å²) in [4.78, 5) is 25.1. The third kappa shape index (κ3) is 4.60. The molecule has 2 heterocycles. The molecule has 1 fully saturated rings. The number of hydrogen-bond acceptors (Lipinski definition) is 7. The van der Waals surface area contributed by atoms with Crippen molar-refractivity contribution in [2.24, 2.45) is 0 Å². The van der Waals surface area contributed by atoms with Crippen LogP contribution in [0.25, 0.3) is 0 Å². The standard InChI is InChI=1S/C18H23N5O3/c1-25-15-9-14(10-16(11-15)26-2)21-18(24)13-22-5-7-23(8-6-22)17-12-19-3-4-20-17/h3-4,9-12H,5-8,13H2,1-2H3,(H,21,24). The number of rotatable bonds is 6. The Morgan fingerprint density at radius 2 is 1.77 bits per heavy atom. The molecule has 0 atom stereocenters. The fourth-order valence-electron chi connectivity index (χ4n) is 2.87. The summed E-state index contributed by atoms with van der Waals surface area (Å²) in [6.07, 6.45) is 5.12. The van der Waals surface area contributed by atoms with Gasteiger partial charge >= 0.3 is 0 Å². The minimum atomic E-state index is -0.0618. The second-order valence-electron chi connectivity index (χ2n) is 5.98. The Morgan fingerprint density at radius 3 is 2.35 bits per heavy atom. The first-order valence-corrected chi connectivity index (χ1v) is 8.44. The van der Waals surface area contributed by atoms with Crippen molar-refractivity contribution in [3.63, 3.8) is 0 Å². The molecular weight excluding hydrogens is 334 g/mol. The van der Waals surface area contributed by atoms with Gasteiger partial charge in [-0.25, -0.2) is 4.98 Å². The molecule has 1 aromatic carbocycles. The maximum Gasteiger partial charge on any atom is 0.238 e. The molecule has 0 saturated carbocycles. The molecule has 1 aliphatic rings. The summed E-state index contributed by atoms with van der Waals surface area (Å²) in [5.74, 6) is 2.09. The van der Waals surface area contributed by atoms with Gasteiger partial charge in [-0.2, -0.15) is 0 Å². The Kier molecular flexibility index (Phi) is 5.85. The molecule has 0 radical (unpaired) electrons. The zero-order valence-electron chi connectivity index (χ0n) is 15.0. The maximum absolute atomic E-state index is 12.4. The zero-order valence-corrected chi connectivity index (χ0v) is 15.0. The quantitative estimate of drug-likeness (QED) is 0.833. The number of nitrogens with zero attached hydrogens (tertiary/aromatic N) is 4. The number of anilines is 2. The number of hydrogen-bond donors (Lipinski definition) is 1. The molecule has 1 aliphatic heterocycles. The molecule has 1 amide bonds. The first-order valence-electron chi connectivity index (χ1n) is 8.44. The van der Waals surface area contributed by atoms with Crippen molar-refractivity contribution in [2.45, 2.75) is 0 Å². The molecule has 0 aliphatic carbocycles. The number of aromatic nitrogens is 2. The molecule has 1 aromatic heterocycles. The van der Waals surface area contributed by atoms with Gasteiger partial charge in [0.05, 0.1) is 27.0 Å². The highest BCUT2D eigenvalue weighted by atomic mass is 16.5. The van der Waals surface area contributed by atoms with Crippen LogP contribution in [-0.4, -0.2) is 67.7 Å². The van der Waals surface area contributed by atoms with E-state index >= 15 is 0 Å². The van der Waals surface area contributed by atoms with Crippen molar-refractivity contribution < 1.29 is 14.3 Å². The van der Waals surface area contributed by atoms with E-state index < -0.39 is 0 Å². The van der Waals surface area contributed by atoms with Crippen LogP contribution < -0.4 is 19.7 Å². The molecule has 3 rings (SSSR count). The van der Waals surface area contributed by atoms with Crippen molar-refractivity contribution in [3.8, 4) is 11.5 Å². The lowest BCUT2D eigenvalue weighted by atomic mass is 10.2. The van der Waals surface area contributed by atoms with Gasteiger partial charge in [-0.15, -0.1) is 0 Å². The molecule has 0 spiro atoms. The summed E-state index contributed by atoms with van der Waals surface area (Å²) in [5.41, 5.74) is 0.657. The van der Waals surface area contributed by atoms with Crippen LogP contribution >= 0.6 is 0 Å². The monoisotopic (exact) mass is 357 g/mol. The highest BCUT2D eigenvalue weighted by Crippen LogP contribution is 2.25. The number of ether oxygens (including phenoxy) is 2. The van der Waals surface area contributed by atoms with Crippen LogP contribution in [0.4, 0.5) is 11.5 Å². The van der Waals surface area contributed by atoms with Crippen LogP contribution in [0.5, 0.6) is 11.5 Å². The number of methoxy groups -OCH3 is 2. The van der Waals surface area contributed by atoms with Crippen LogP contribution in [-0.2, 0) is 4.79 Å². The Bertz CT molecular complexity index is 711. The van der Waals surface area contributed by atoms with Crippen molar-refractivity contribution in [3.05, 3.63) is 36.8 Å². The van der Waals surface area contributed by atoms with E-state index in [-0.39, 0.29) is 5.91 Å². The third-order valence-corrected chi connectivity index (χ3v) is 4.25. The zero-order chi connectivity index (χ0) is 18.4. The SMILES string of the molecule is COc1cc(NC(=O)CN2CCN(c3cnccn3)CC2)cc(OC)c1. The second kappa shape index (κ2) is 8.48. The fraction of sp³-hybridized carbons (Fsp3) is 0.389. The minimum absolute atomic E-state index is 0.0618. The number of carbonyl (C=O) groups is 1. The van der Waals surface area contributed by atoms with Crippen molar-refractivity contribution in [2.75, 3.05) is 57.2 Å². The Morgan fingerprint density at radius 1 is 1.08 bits per heavy atom. The molecule has 138 valence electrons. The highest BCUT2D eigenvalue weighted by molar-refractivity contribution is 5.92. The predicted octanol–water partition coefficient (Wildman–Crippen LogP) is 1.25. The largest absolute Gasteiger partial charge is 0.497 e. The molecule has 8 heteroatoms. The average Bonchev–Trinajstić information content (AvgIpc) is 2.68. The van der Waals surface area contributed by atoms with Crippen molar-refractivity contribution >= 4 is 17.4 Å². The summed E-state index contributed by atoms with van der Waals surface area (Å²) >= 11 is 0. The summed E-state index contributed by atoms with van der Waals surface area (Å²) in [7, 11) is 3.16. The first-order chi connectivity index (χ1) is 12.7. The number of benzene rings is 1. The summed E-state index contributed by atoms with van der Waals surface area (Å²) in [6.45, 7) is 3.57. The summed E-state index contributed by atoms with van der Waals surface area (Å²) < 4.78 is 10.4. The lowest BCUT2D eigenvalue weighted by Crippen LogP contribution is -2.48. The van der Waals surface area contributed by atoms with E-state index in [0.29, 0.717) is 23.7 Å². The van der Waals surface area contributed by atoms with Crippen LogP contribution in [0.15, 0.2) is 36.8 Å². The summed E-state index contributed by atoms with van der Waals surface area (Å²) in [6, 6.07) is 5.31. The van der Waals surface area contributed by atoms with Crippen molar-refractivity contribution in [1.29, 1.82) is 0 Å². The number of carbonyl (C=O) groups excluding carboxylic acids is 1. The van der Waals surface area contributed by atoms with Crippen molar-refractivity contribution in [1.82, 2.24) is 14.9 Å². The molecule has 0 bridgehead atoms. The number of piperazine rings is 1. The van der Waals surface area contributed by atoms with Gasteiger partial charge in [-0.05, 0) is 0 Å². The lowest BCUT2D eigenvalue weighted by Gasteiger charge is -2.34. The van der Waals surface area contributed by atoms with E-state index in [1.807, 2.05) is 0 Å². The molecule has 26 heavy (non-hydrogen) atoms. The van der Waals surface area contributed by atoms with E-state index in [4.69, 9.17) is 9.47 Å². The van der Waals surface area contributed by atoms with Crippen LogP contribution in [0.1, 0.15) is 0 Å². The maximum atomic E-state index is 12.4. The predicted molar refractivity (Wildman–Crippen MR) is 98.9 cm³/mol. The topological polar surface area (TPSA) is 79.8 Å². The minimum Gasteiger partial charge on any atom is -0.497 e. The van der Waals surface area contributed by atoms with Crippen LogP contribution in [0.2, 0.25) is 0 Å². The molecule has 1 N–H and O–H groups in total. The van der Waals surface area contributed by atoms with Gasteiger partial charge in [0.1, 0.15) is 17.3 Å². The van der Waals surface area contributed by atoms with E-state index in [0.717, 1.165) is 32.0 Å². The number of nitrogens with one attached hydrogen (secondary N) is 1. The Balaban J connectivity index is 1.52. The molecule has 2 aromatic rings.